The lowest BCUT2D eigenvalue weighted by Gasteiger charge is -2.18. The van der Waals surface area contributed by atoms with Gasteiger partial charge in [0.25, 0.3) is 0 Å². The summed E-state index contributed by atoms with van der Waals surface area (Å²) in [4.78, 5) is 37.7. The van der Waals surface area contributed by atoms with Gasteiger partial charge in [-0.1, -0.05) is 229 Å². The number of hydrogen-bond acceptors (Lipinski definition) is 6. The van der Waals surface area contributed by atoms with Gasteiger partial charge in [0.15, 0.2) is 6.10 Å². The summed E-state index contributed by atoms with van der Waals surface area (Å²) in [5, 5.41) is 0. The van der Waals surface area contributed by atoms with Crippen LogP contribution in [-0.4, -0.2) is 37.2 Å². The standard InChI is InChI=1S/C58H102O6/c1-4-7-10-13-16-18-20-22-23-24-25-26-27-28-29-30-31-32-33-34-35-37-38-40-42-45-48-51-57(60)63-54-55(53-62-56(59)50-47-44-15-12-9-6-3)64-58(61)52-49-46-43-41-39-36-21-19-17-14-11-8-5-2/h11,14,19-22,24-25,27-28,55H,4-10,12-13,15-18,23,26,29-54H2,1-3H3/b14-11-,21-19-,22-20-,25-24-,28-27-. The van der Waals surface area contributed by atoms with Gasteiger partial charge in [0, 0.05) is 19.3 Å². The van der Waals surface area contributed by atoms with Crippen molar-refractivity contribution in [3.63, 3.8) is 0 Å². The fourth-order valence-electron chi connectivity index (χ4n) is 7.60. The summed E-state index contributed by atoms with van der Waals surface area (Å²) in [5.41, 5.74) is 0. The zero-order chi connectivity index (χ0) is 46.5. The molecule has 0 saturated heterocycles. The van der Waals surface area contributed by atoms with Gasteiger partial charge in [-0.05, 0) is 83.5 Å². The highest BCUT2D eigenvalue weighted by molar-refractivity contribution is 5.71. The van der Waals surface area contributed by atoms with E-state index in [4.69, 9.17) is 14.2 Å². The fourth-order valence-corrected chi connectivity index (χ4v) is 7.60. The van der Waals surface area contributed by atoms with E-state index in [9.17, 15) is 14.4 Å². The van der Waals surface area contributed by atoms with E-state index < -0.39 is 6.10 Å². The number of esters is 3. The molecule has 0 aromatic carbocycles. The van der Waals surface area contributed by atoms with Crippen LogP contribution in [0.15, 0.2) is 60.8 Å². The first-order chi connectivity index (χ1) is 31.5. The molecule has 0 radical (unpaired) electrons. The molecule has 1 atom stereocenters. The quantitative estimate of drug-likeness (QED) is 0.0262. The minimum atomic E-state index is -0.777. The van der Waals surface area contributed by atoms with Gasteiger partial charge < -0.3 is 14.2 Å². The zero-order valence-corrected chi connectivity index (χ0v) is 42.3. The molecular formula is C58H102O6. The van der Waals surface area contributed by atoms with Crippen molar-refractivity contribution in [2.24, 2.45) is 0 Å². The number of carbonyl (C=O) groups excluding carboxylic acids is 3. The van der Waals surface area contributed by atoms with Gasteiger partial charge in [-0.15, -0.1) is 0 Å². The molecular weight excluding hydrogens is 793 g/mol. The molecule has 0 N–H and O–H groups in total. The maximum Gasteiger partial charge on any atom is 0.306 e. The minimum absolute atomic E-state index is 0.0799. The van der Waals surface area contributed by atoms with Gasteiger partial charge in [0.05, 0.1) is 0 Å². The average molecular weight is 895 g/mol. The molecule has 64 heavy (non-hydrogen) atoms. The summed E-state index contributed by atoms with van der Waals surface area (Å²) in [6.07, 6.45) is 65.3. The first kappa shape index (κ1) is 61.1. The molecule has 0 aliphatic rings. The Morgan fingerprint density at radius 3 is 0.938 bits per heavy atom. The van der Waals surface area contributed by atoms with Crippen LogP contribution in [0.4, 0.5) is 0 Å². The molecule has 0 aromatic rings. The number of unbranched alkanes of at least 4 members (excludes halogenated alkanes) is 28. The number of hydrogen-bond donors (Lipinski definition) is 0. The van der Waals surface area contributed by atoms with Crippen LogP contribution in [0.25, 0.3) is 0 Å². The number of rotatable bonds is 49. The maximum atomic E-state index is 12.7. The van der Waals surface area contributed by atoms with Crippen LogP contribution in [0, 0.1) is 0 Å². The summed E-state index contributed by atoms with van der Waals surface area (Å²) in [6, 6.07) is 0. The first-order valence-corrected chi connectivity index (χ1v) is 27.3. The molecule has 0 rings (SSSR count). The van der Waals surface area contributed by atoms with E-state index in [1.54, 1.807) is 0 Å². The molecule has 0 fully saturated rings. The van der Waals surface area contributed by atoms with Crippen LogP contribution in [0.1, 0.15) is 271 Å². The lowest BCUT2D eigenvalue weighted by atomic mass is 10.0. The maximum absolute atomic E-state index is 12.7. The Morgan fingerprint density at radius 2 is 0.594 bits per heavy atom. The fraction of sp³-hybridized carbons (Fsp3) is 0.776. The van der Waals surface area contributed by atoms with Crippen molar-refractivity contribution in [3.05, 3.63) is 60.8 Å². The molecule has 0 amide bonds. The third-order valence-electron chi connectivity index (χ3n) is 11.7. The van der Waals surface area contributed by atoms with Crippen molar-refractivity contribution in [1.29, 1.82) is 0 Å². The Hall–Kier alpha value is -2.89. The zero-order valence-electron chi connectivity index (χ0n) is 42.3. The number of allylic oxidation sites excluding steroid dienone is 10. The molecule has 0 saturated carbocycles. The van der Waals surface area contributed by atoms with Gasteiger partial charge in [-0.3, -0.25) is 14.4 Å². The Balaban J connectivity index is 4.08. The molecule has 0 aliphatic carbocycles. The van der Waals surface area contributed by atoms with Gasteiger partial charge in [-0.2, -0.15) is 0 Å². The minimum Gasteiger partial charge on any atom is -0.462 e. The molecule has 0 aliphatic heterocycles. The lowest BCUT2D eigenvalue weighted by molar-refractivity contribution is -0.167. The van der Waals surface area contributed by atoms with E-state index in [1.165, 1.54) is 128 Å². The third kappa shape index (κ3) is 50.1. The molecule has 1 unspecified atom stereocenters. The van der Waals surface area contributed by atoms with Crippen molar-refractivity contribution in [1.82, 2.24) is 0 Å². The topological polar surface area (TPSA) is 78.9 Å². The number of carbonyl (C=O) groups is 3. The van der Waals surface area contributed by atoms with Crippen LogP contribution in [-0.2, 0) is 28.6 Å². The summed E-state index contributed by atoms with van der Waals surface area (Å²) in [5.74, 6) is -0.902. The van der Waals surface area contributed by atoms with Crippen LogP contribution in [0.2, 0.25) is 0 Å². The monoisotopic (exact) mass is 895 g/mol. The lowest BCUT2D eigenvalue weighted by Crippen LogP contribution is -2.30. The second-order valence-electron chi connectivity index (χ2n) is 18.1. The van der Waals surface area contributed by atoms with Crippen molar-refractivity contribution in [2.75, 3.05) is 13.2 Å². The summed E-state index contributed by atoms with van der Waals surface area (Å²) < 4.78 is 16.7. The van der Waals surface area contributed by atoms with Gasteiger partial charge >= 0.3 is 17.9 Å². The van der Waals surface area contributed by atoms with E-state index in [0.29, 0.717) is 19.3 Å². The van der Waals surface area contributed by atoms with E-state index in [-0.39, 0.29) is 31.1 Å². The summed E-state index contributed by atoms with van der Waals surface area (Å²) in [7, 11) is 0. The smallest absolute Gasteiger partial charge is 0.306 e. The Kier molecular flexibility index (Phi) is 50.4. The molecule has 0 bridgehead atoms. The SMILES string of the molecule is CCC/C=C\C/C=C\CCCCCCCC(=O)OC(COC(=O)CCCCCCCC)COC(=O)CCCCCCCCCCCCCC/C=C\C/C=C\C/C=C\CCCCCCC. The van der Waals surface area contributed by atoms with Crippen molar-refractivity contribution >= 4 is 17.9 Å². The highest BCUT2D eigenvalue weighted by atomic mass is 16.6. The molecule has 370 valence electrons. The second-order valence-corrected chi connectivity index (χ2v) is 18.1. The third-order valence-corrected chi connectivity index (χ3v) is 11.7. The largest absolute Gasteiger partial charge is 0.462 e. The van der Waals surface area contributed by atoms with E-state index in [0.717, 1.165) is 103 Å². The van der Waals surface area contributed by atoms with Crippen molar-refractivity contribution in [3.8, 4) is 0 Å². The highest BCUT2D eigenvalue weighted by Gasteiger charge is 2.19. The molecule has 6 heteroatoms. The van der Waals surface area contributed by atoms with E-state index in [2.05, 4.69) is 81.5 Å². The predicted molar refractivity (Wildman–Crippen MR) is 275 cm³/mol. The van der Waals surface area contributed by atoms with E-state index >= 15 is 0 Å². The van der Waals surface area contributed by atoms with Gasteiger partial charge in [0.1, 0.15) is 13.2 Å². The Labute approximate surface area is 396 Å². The molecule has 6 nitrogen and oxygen atoms in total. The van der Waals surface area contributed by atoms with Crippen molar-refractivity contribution < 1.29 is 28.6 Å². The Bertz CT molecular complexity index is 1170. The van der Waals surface area contributed by atoms with Crippen LogP contribution in [0.3, 0.4) is 0 Å². The van der Waals surface area contributed by atoms with Gasteiger partial charge in [-0.25, -0.2) is 0 Å². The van der Waals surface area contributed by atoms with Crippen LogP contribution < -0.4 is 0 Å². The van der Waals surface area contributed by atoms with Crippen LogP contribution >= 0.6 is 0 Å². The highest BCUT2D eigenvalue weighted by Crippen LogP contribution is 2.15. The van der Waals surface area contributed by atoms with Crippen LogP contribution in [0.5, 0.6) is 0 Å². The average Bonchev–Trinajstić information content (AvgIpc) is 3.29. The molecule has 0 heterocycles. The van der Waals surface area contributed by atoms with Gasteiger partial charge in [0.2, 0.25) is 0 Å². The van der Waals surface area contributed by atoms with Crippen molar-refractivity contribution in [2.45, 2.75) is 277 Å². The first-order valence-electron chi connectivity index (χ1n) is 27.3. The van der Waals surface area contributed by atoms with E-state index in [1.807, 2.05) is 0 Å². The molecule has 0 spiro atoms. The summed E-state index contributed by atoms with van der Waals surface area (Å²) >= 11 is 0. The second kappa shape index (κ2) is 52.7. The Morgan fingerprint density at radius 1 is 0.312 bits per heavy atom. The number of ether oxygens (including phenoxy) is 3. The predicted octanol–water partition coefficient (Wildman–Crippen LogP) is 18.0. The summed E-state index contributed by atoms with van der Waals surface area (Å²) in [6.45, 7) is 6.50. The normalized spacial score (nSPS) is 12.5. The molecule has 0 aromatic heterocycles.